The Morgan fingerprint density at radius 2 is 1.57 bits per heavy atom. The number of benzene rings is 3. The van der Waals surface area contributed by atoms with Crippen molar-refractivity contribution in [2.45, 2.75) is 19.4 Å². The number of hydrazone groups is 1. The molecule has 3 aromatic carbocycles. The molecule has 0 amide bonds. The number of amidine groups is 1. The van der Waals surface area contributed by atoms with Crippen LogP contribution in [-0.4, -0.2) is 22.1 Å². The zero-order chi connectivity index (χ0) is 19.3. The first kappa shape index (κ1) is 18.5. The molecule has 4 heteroatoms. The van der Waals surface area contributed by atoms with Crippen molar-refractivity contribution >= 4 is 28.3 Å². The average molecular weight is 386 g/mol. The minimum absolute atomic E-state index is 0.146. The third-order valence-electron chi connectivity index (χ3n) is 4.84. The number of nitrogens with zero attached hydrogens (tertiary/aromatic N) is 3. The SMILES string of the molecule is CSC(=Nc1ccc(C)cc1)N1N=C(c2ccccc2)CC1c1ccccc1. The number of hydrogen-bond acceptors (Lipinski definition) is 3. The quantitative estimate of drug-likeness (QED) is 0.397. The molecule has 0 N–H and O–H groups in total. The summed E-state index contributed by atoms with van der Waals surface area (Å²) in [6.07, 6.45) is 2.92. The zero-order valence-corrected chi connectivity index (χ0v) is 16.9. The van der Waals surface area contributed by atoms with E-state index in [1.165, 1.54) is 16.7 Å². The summed E-state index contributed by atoms with van der Waals surface area (Å²) in [6, 6.07) is 29.4. The Morgan fingerprint density at radius 3 is 2.21 bits per heavy atom. The highest BCUT2D eigenvalue weighted by atomic mass is 32.2. The van der Waals surface area contributed by atoms with Crippen LogP contribution in [0.1, 0.15) is 29.2 Å². The molecule has 3 nitrogen and oxygen atoms in total. The van der Waals surface area contributed by atoms with Gasteiger partial charge in [0.25, 0.3) is 0 Å². The van der Waals surface area contributed by atoms with Crippen molar-refractivity contribution < 1.29 is 0 Å². The summed E-state index contributed by atoms with van der Waals surface area (Å²) in [4.78, 5) is 4.90. The maximum absolute atomic E-state index is 5.00. The Kier molecular flexibility index (Phi) is 5.58. The van der Waals surface area contributed by atoms with Crippen molar-refractivity contribution in [3.05, 3.63) is 102 Å². The fourth-order valence-corrected chi connectivity index (χ4v) is 3.90. The molecule has 0 saturated carbocycles. The molecule has 3 aromatic rings. The Labute approximate surface area is 170 Å². The van der Waals surface area contributed by atoms with E-state index in [1.54, 1.807) is 11.8 Å². The smallest absolute Gasteiger partial charge is 0.185 e. The van der Waals surface area contributed by atoms with E-state index < -0.39 is 0 Å². The van der Waals surface area contributed by atoms with Gasteiger partial charge in [0.05, 0.1) is 17.4 Å². The van der Waals surface area contributed by atoms with Crippen LogP contribution in [0, 0.1) is 6.92 Å². The fourth-order valence-electron chi connectivity index (χ4n) is 3.35. The summed E-state index contributed by atoms with van der Waals surface area (Å²) in [5.74, 6) is 0. The van der Waals surface area contributed by atoms with Crippen molar-refractivity contribution in [2.24, 2.45) is 10.1 Å². The topological polar surface area (TPSA) is 28.0 Å². The highest BCUT2D eigenvalue weighted by Crippen LogP contribution is 2.35. The maximum Gasteiger partial charge on any atom is 0.185 e. The Balaban J connectivity index is 1.74. The molecule has 0 aromatic heterocycles. The van der Waals surface area contributed by atoms with E-state index in [0.717, 1.165) is 23.0 Å². The molecule has 0 fully saturated rings. The Morgan fingerprint density at radius 1 is 0.929 bits per heavy atom. The Hall–Kier alpha value is -2.85. The lowest BCUT2D eigenvalue weighted by atomic mass is 9.99. The van der Waals surface area contributed by atoms with Gasteiger partial charge in [-0.15, -0.1) is 0 Å². The normalized spacial score (nSPS) is 16.9. The van der Waals surface area contributed by atoms with Crippen molar-refractivity contribution in [2.75, 3.05) is 6.26 Å². The maximum atomic E-state index is 5.00. The summed E-state index contributed by atoms with van der Waals surface area (Å²) >= 11 is 1.63. The van der Waals surface area contributed by atoms with E-state index in [4.69, 9.17) is 10.1 Å². The van der Waals surface area contributed by atoms with E-state index in [9.17, 15) is 0 Å². The van der Waals surface area contributed by atoms with Crippen molar-refractivity contribution in [3.8, 4) is 0 Å². The highest BCUT2D eigenvalue weighted by Gasteiger charge is 2.31. The molecule has 1 heterocycles. The van der Waals surface area contributed by atoms with Gasteiger partial charge in [0.15, 0.2) is 5.17 Å². The minimum Gasteiger partial charge on any atom is -0.234 e. The predicted molar refractivity (Wildman–Crippen MR) is 120 cm³/mol. The van der Waals surface area contributed by atoms with E-state index in [1.807, 2.05) is 6.07 Å². The van der Waals surface area contributed by atoms with Gasteiger partial charge >= 0.3 is 0 Å². The first-order chi connectivity index (χ1) is 13.7. The third-order valence-corrected chi connectivity index (χ3v) is 5.48. The average Bonchev–Trinajstić information content (AvgIpc) is 3.20. The van der Waals surface area contributed by atoms with Crippen molar-refractivity contribution in [3.63, 3.8) is 0 Å². The molecule has 28 heavy (non-hydrogen) atoms. The lowest BCUT2D eigenvalue weighted by molar-refractivity contribution is 0.377. The van der Waals surface area contributed by atoms with Crippen molar-refractivity contribution in [1.29, 1.82) is 0 Å². The lowest BCUT2D eigenvalue weighted by Gasteiger charge is -2.24. The van der Waals surface area contributed by atoms with Crippen LogP contribution >= 0.6 is 11.8 Å². The Bertz CT molecular complexity index is 979. The number of rotatable bonds is 3. The van der Waals surface area contributed by atoms with Crippen LogP contribution in [-0.2, 0) is 0 Å². The van der Waals surface area contributed by atoms with Gasteiger partial charge in [0.2, 0.25) is 0 Å². The lowest BCUT2D eigenvalue weighted by Crippen LogP contribution is -2.24. The molecule has 140 valence electrons. The molecule has 1 unspecified atom stereocenters. The van der Waals surface area contributed by atoms with Gasteiger partial charge in [-0.1, -0.05) is 90.1 Å². The van der Waals surface area contributed by atoms with E-state index >= 15 is 0 Å². The van der Waals surface area contributed by atoms with Crippen LogP contribution in [0.5, 0.6) is 0 Å². The molecule has 0 bridgehead atoms. The third kappa shape index (κ3) is 4.02. The largest absolute Gasteiger partial charge is 0.234 e. The molecular weight excluding hydrogens is 362 g/mol. The van der Waals surface area contributed by atoms with E-state index in [2.05, 4.69) is 97.1 Å². The van der Waals surface area contributed by atoms with Crippen LogP contribution in [0.3, 0.4) is 0 Å². The van der Waals surface area contributed by atoms with E-state index in [0.29, 0.717) is 0 Å². The second kappa shape index (κ2) is 8.44. The number of aryl methyl sites for hydroxylation is 1. The van der Waals surface area contributed by atoms with Gasteiger partial charge in [-0.3, -0.25) is 0 Å². The minimum atomic E-state index is 0.146. The fraction of sp³-hybridized carbons (Fsp3) is 0.167. The van der Waals surface area contributed by atoms with E-state index in [-0.39, 0.29) is 6.04 Å². The molecule has 4 rings (SSSR count). The highest BCUT2D eigenvalue weighted by molar-refractivity contribution is 8.13. The van der Waals surface area contributed by atoms with Gasteiger partial charge in [-0.25, -0.2) is 10.0 Å². The van der Waals surface area contributed by atoms with Gasteiger partial charge in [-0.2, -0.15) is 5.10 Å². The molecule has 1 atom stereocenters. The zero-order valence-electron chi connectivity index (χ0n) is 16.1. The predicted octanol–water partition coefficient (Wildman–Crippen LogP) is 6.20. The second-order valence-electron chi connectivity index (χ2n) is 6.82. The van der Waals surface area contributed by atoms with Gasteiger partial charge in [-0.05, 0) is 36.4 Å². The van der Waals surface area contributed by atoms with Gasteiger partial charge in [0.1, 0.15) is 0 Å². The first-order valence-corrected chi connectivity index (χ1v) is 10.6. The summed E-state index contributed by atoms with van der Waals surface area (Å²) in [7, 11) is 0. The van der Waals surface area contributed by atoms with Crippen LogP contribution in [0.2, 0.25) is 0 Å². The van der Waals surface area contributed by atoms with Crippen LogP contribution in [0.25, 0.3) is 0 Å². The second-order valence-corrected chi connectivity index (χ2v) is 7.60. The number of aliphatic imine (C=N–C) groups is 1. The van der Waals surface area contributed by atoms with Crippen LogP contribution in [0.4, 0.5) is 5.69 Å². The molecule has 1 aliphatic rings. The summed E-state index contributed by atoms with van der Waals surface area (Å²) in [5, 5.41) is 7.99. The molecule has 1 aliphatic heterocycles. The molecule has 0 radical (unpaired) electrons. The van der Waals surface area contributed by atoms with Gasteiger partial charge in [0, 0.05) is 6.42 Å². The van der Waals surface area contributed by atoms with Crippen LogP contribution in [0.15, 0.2) is 95.0 Å². The monoisotopic (exact) mass is 385 g/mol. The molecule has 0 spiro atoms. The number of hydrogen-bond donors (Lipinski definition) is 0. The first-order valence-electron chi connectivity index (χ1n) is 9.41. The van der Waals surface area contributed by atoms with Gasteiger partial charge < -0.3 is 0 Å². The number of thioether (sulfide) groups is 1. The summed E-state index contributed by atoms with van der Waals surface area (Å²) in [5.41, 5.74) is 5.70. The standard InChI is InChI=1S/C24H23N3S/c1-18-13-15-21(16-14-18)25-24(28-2)27-23(20-11-7-4-8-12-20)17-22(26-27)19-9-5-3-6-10-19/h3-16,23H,17H2,1-2H3. The van der Waals surface area contributed by atoms with Crippen LogP contribution < -0.4 is 0 Å². The summed E-state index contributed by atoms with van der Waals surface area (Å²) in [6.45, 7) is 2.09. The summed E-state index contributed by atoms with van der Waals surface area (Å²) < 4.78 is 0. The molecule has 0 aliphatic carbocycles. The molecule has 0 saturated heterocycles. The van der Waals surface area contributed by atoms with Crippen molar-refractivity contribution in [1.82, 2.24) is 5.01 Å². The molecular formula is C24H23N3S.